The van der Waals surface area contributed by atoms with Gasteiger partial charge in [0.15, 0.2) is 0 Å². The number of piperidine rings is 1. The van der Waals surface area contributed by atoms with E-state index in [0.717, 1.165) is 12.0 Å². The highest BCUT2D eigenvalue weighted by atomic mass is 35.5. The number of rotatable bonds is 5. The molecule has 1 heterocycles. The number of halogens is 2. The summed E-state index contributed by atoms with van der Waals surface area (Å²) < 4.78 is 29.3. The number of nitrogens with zero attached hydrogens (tertiary/aromatic N) is 1. The molecule has 2 N–H and O–H groups in total. The number of carbonyl (C=O) groups is 1. The predicted molar refractivity (Wildman–Crippen MR) is 136 cm³/mol. The highest BCUT2D eigenvalue weighted by Gasteiger charge is 2.41. The molecule has 0 aromatic heterocycles. The van der Waals surface area contributed by atoms with E-state index in [1.54, 1.807) is 34.6 Å². The summed E-state index contributed by atoms with van der Waals surface area (Å²) in [6.07, 6.45) is 1.95. The third-order valence-electron chi connectivity index (χ3n) is 6.81. The first-order valence-corrected chi connectivity index (χ1v) is 13.8. The van der Waals surface area contributed by atoms with Crippen LogP contribution in [0.15, 0.2) is 36.4 Å². The Morgan fingerprint density at radius 3 is 2.35 bits per heavy atom. The molecule has 184 valence electrons. The summed E-state index contributed by atoms with van der Waals surface area (Å²) in [6, 6.07) is 10.2. The fraction of sp³-hybridized carbons (Fsp3) is 0.480. The van der Waals surface area contributed by atoms with Gasteiger partial charge in [0.05, 0.1) is 15.6 Å². The van der Waals surface area contributed by atoms with E-state index in [1.807, 2.05) is 6.07 Å². The molecule has 4 rings (SSSR count). The Bertz CT molecular complexity index is 1160. The second-order valence-electron chi connectivity index (χ2n) is 9.75. The van der Waals surface area contributed by atoms with Crippen LogP contribution in [0.1, 0.15) is 53.4 Å². The van der Waals surface area contributed by atoms with Gasteiger partial charge in [-0.1, -0.05) is 49.2 Å². The van der Waals surface area contributed by atoms with Gasteiger partial charge in [0, 0.05) is 25.4 Å². The average molecular weight is 525 g/mol. The molecule has 2 unspecified atom stereocenters. The summed E-state index contributed by atoms with van der Waals surface area (Å²) in [4.78, 5) is 12.9. The number of sulfonamides is 1. The number of fused-ring (bicyclic) bond motifs is 1. The number of anilines is 1. The molecule has 1 saturated heterocycles. The lowest BCUT2D eigenvalue weighted by Crippen LogP contribution is -2.45. The highest BCUT2D eigenvalue weighted by Crippen LogP contribution is 2.42. The van der Waals surface area contributed by atoms with Crippen molar-refractivity contribution in [3.63, 3.8) is 0 Å². The maximum absolute atomic E-state index is 13.8. The minimum Gasteiger partial charge on any atom is -0.396 e. The van der Waals surface area contributed by atoms with Crippen molar-refractivity contribution in [2.45, 2.75) is 38.4 Å². The number of hydrogen-bond donors (Lipinski definition) is 2. The fourth-order valence-corrected chi connectivity index (χ4v) is 8.21. The van der Waals surface area contributed by atoms with Gasteiger partial charge in [-0.3, -0.25) is 4.79 Å². The molecule has 1 amide bonds. The third-order valence-corrected chi connectivity index (χ3v) is 9.62. The topological polar surface area (TPSA) is 86.7 Å². The molecule has 2 aromatic carbocycles. The fourth-order valence-electron chi connectivity index (χ4n) is 5.31. The first-order valence-electron chi connectivity index (χ1n) is 11.6. The minimum absolute atomic E-state index is 0.0677. The van der Waals surface area contributed by atoms with E-state index in [9.17, 15) is 18.3 Å². The van der Waals surface area contributed by atoms with Crippen molar-refractivity contribution in [3.05, 3.63) is 63.1 Å². The van der Waals surface area contributed by atoms with Crippen molar-refractivity contribution in [2.24, 2.45) is 17.8 Å². The molecule has 4 atom stereocenters. The number of hydrogen-bond acceptors (Lipinski definition) is 4. The van der Waals surface area contributed by atoms with Crippen molar-refractivity contribution >= 4 is 44.8 Å². The number of aliphatic hydroxyl groups excluding tert-OH is 1. The van der Waals surface area contributed by atoms with Crippen LogP contribution in [0.3, 0.4) is 0 Å². The lowest BCUT2D eigenvalue weighted by molar-refractivity contribution is 0.102. The van der Waals surface area contributed by atoms with Gasteiger partial charge in [0.2, 0.25) is 10.0 Å². The summed E-state index contributed by atoms with van der Waals surface area (Å²) in [5.74, 6) is -0.00518. The van der Waals surface area contributed by atoms with Gasteiger partial charge >= 0.3 is 0 Å². The number of aliphatic hydroxyl groups is 1. The van der Waals surface area contributed by atoms with E-state index in [2.05, 4.69) is 19.2 Å². The van der Waals surface area contributed by atoms with Crippen LogP contribution in [-0.4, -0.2) is 43.4 Å². The van der Waals surface area contributed by atoms with Crippen LogP contribution in [0, 0.1) is 17.8 Å². The second-order valence-corrected chi connectivity index (χ2v) is 12.7. The Kier molecular flexibility index (Phi) is 7.60. The maximum Gasteiger partial charge on any atom is 0.258 e. The Labute approximate surface area is 211 Å². The van der Waals surface area contributed by atoms with Gasteiger partial charge in [-0.2, -0.15) is 0 Å². The highest BCUT2D eigenvalue weighted by molar-refractivity contribution is 7.89. The molecule has 1 aliphatic carbocycles. The molecule has 6 nitrogen and oxygen atoms in total. The van der Waals surface area contributed by atoms with E-state index in [1.165, 1.54) is 0 Å². The molecule has 34 heavy (non-hydrogen) atoms. The van der Waals surface area contributed by atoms with Gasteiger partial charge < -0.3 is 10.4 Å². The molecule has 9 heteroatoms. The first kappa shape index (κ1) is 25.5. The smallest absolute Gasteiger partial charge is 0.258 e. The van der Waals surface area contributed by atoms with E-state index in [-0.39, 0.29) is 28.1 Å². The van der Waals surface area contributed by atoms with Crippen LogP contribution < -0.4 is 5.32 Å². The lowest BCUT2D eigenvalue weighted by Gasteiger charge is -2.39. The van der Waals surface area contributed by atoms with Crippen LogP contribution >= 0.6 is 23.2 Å². The zero-order valence-electron chi connectivity index (χ0n) is 19.3. The standard InChI is InChI=1S/C25H30Cl2N2O4S/c1-15-8-16(2)13-29(12-15)34(32,33)23-10-17(14-30)9-18-6-7-19(11-20(18)23)28-25(31)24-21(26)4-3-5-22(24)27/h3-7,11,15-17,23,30H,8-10,12-14H2,1-2H3,(H,28,31)/t15-,16?,17+,23?/m0/s1. The Morgan fingerprint density at radius 1 is 1.09 bits per heavy atom. The maximum atomic E-state index is 13.8. The van der Waals surface area contributed by atoms with Gasteiger partial charge in [0.25, 0.3) is 5.91 Å². The number of nitrogens with one attached hydrogen (secondary N) is 1. The lowest BCUT2D eigenvalue weighted by atomic mass is 9.83. The van der Waals surface area contributed by atoms with E-state index >= 15 is 0 Å². The van der Waals surface area contributed by atoms with E-state index in [0.29, 0.717) is 49.0 Å². The Balaban J connectivity index is 1.68. The monoisotopic (exact) mass is 524 g/mol. The first-order chi connectivity index (χ1) is 16.1. The predicted octanol–water partition coefficient (Wildman–Crippen LogP) is 5.15. The van der Waals surface area contributed by atoms with Crippen LogP contribution in [-0.2, 0) is 16.4 Å². The minimum atomic E-state index is -3.65. The normalized spacial score (nSPS) is 25.6. The van der Waals surface area contributed by atoms with Gasteiger partial charge in [-0.25, -0.2) is 12.7 Å². The number of benzene rings is 2. The summed E-state index contributed by atoms with van der Waals surface area (Å²) >= 11 is 12.4. The zero-order chi connectivity index (χ0) is 24.6. The van der Waals surface area contributed by atoms with Crippen molar-refractivity contribution in [1.82, 2.24) is 4.31 Å². The van der Waals surface area contributed by atoms with Crippen LogP contribution in [0.5, 0.6) is 0 Å². The van der Waals surface area contributed by atoms with Crippen molar-refractivity contribution in [2.75, 3.05) is 25.0 Å². The third kappa shape index (κ3) is 5.14. The Morgan fingerprint density at radius 2 is 1.74 bits per heavy atom. The number of carbonyl (C=O) groups excluding carboxylic acids is 1. The largest absolute Gasteiger partial charge is 0.396 e. The summed E-state index contributed by atoms with van der Waals surface area (Å²) in [6.45, 7) is 5.10. The van der Waals surface area contributed by atoms with Crippen molar-refractivity contribution < 1.29 is 18.3 Å². The molecule has 2 aliphatic rings. The zero-order valence-corrected chi connectivity index (χ0v) is 21.6. The number of amides is 1. The SMILES string of the molecule is CC1C[C@H](C)CN(S(=O)(=O)C2C[C@H](CO)Cc3ccc(NC(=O)c4c(Cl)cccc4Cl)cc32)C1. The van der Waals surface area contributed by atoms with Gasteiger partial charge in [-0.05, 0) is 72.4 Å². The van der Waals surface area contributed by atoms with Crippen molar-refractivity contribution in [3.8, 4) is 0 Å². The Hall–Kier alpha value is -1.64. The summed E-state index contributed by atoms with van der Waals surface area (Å²) in [7, 11) is -3.65. The van der Waals surface area contributed by atoms with Gasteiger partial charge in [0.1, 0.15) is 5.25 Å². The van der Waals surface area contributed by atoms with E-state index in [4.69, 9.17) is 23.2 Å². The van der Waals surface area contributed by atoms with Crippen LogP contribution in [0.25, 0.3) is 0 Å². The summed E-state index contributed by atoms with van der Waals surface area (Å²) in [5.41, 5.74) is 2.21. The quantitative estimate of drug-likeness (QED) is 0.566. The molecular weight excluding hydrogens is 495 g/mol. The molecule has 0 saturated carbocycles. The van der Waals surface area contributed by atoms with E-state index < -0.39 is 21.2 Å². The molecule has 0 radical (unpaired) electrons. The molecule has 2 aromatic rings. The van der Waals surface area contributed by atoms with Gasteiger partial charge in [-0.15, -0.1) is 0 Å². The summed E-state index contributed by atoms with van der Waals surface area (Å²) in [5, 5.41) is 12.4. The van der Waals surface area contributed by atoms with Crippen LogP contribution in [0.2, 0.25) is 10.0 Å². The molecule has 1 fully saturated rings. The van der Waals surface area contributed by atoms with Crippen molar-refractivity contribution in [1.29, 1.82) is 0 Å². The molecule has 1 aliphatic heterocycles. The molecular formula is C25H30Cl2N2O4S. The second kappa shape index (κ2) is 10.2. The average Bonchev–Trinajstić information content (AvgIpc) is 2.77. The molecule has 0 spiro atoms. The molecule has 0 bridgehead atoms. The van der Waals surface area contributed by atoms with Crippen LogP contribution in [0.4, 0.5) is 5.69 Å².